The molecule has 0 heterocycles. The van der Waals surface area contributed by atoms with Gasteiger partial charge in [-0.25, -0.2) is 0 Å². The molecule has 0 fully saturated rings. The maximum absolute atomic E-state index is 11.0. The molecule has 1 aromatic rings. The Hall–Kier alpha value is -2.04. The van der Waals surface area contributed by atoms with Crippen LogP contribution in [0.3, 0.4) is 0 Å². The molecule has 0 spiro atoms. The lowest BCUT2D eigenvalue weighted by Crippen LogP contribution is -2.38. The number of nitrogens with two attached hydrogens (primary N) is 1. The van der Waals surface area contributed by atoms with E-state index in [1.807, 2.05) is 6.07 Å². The Kier molecular flexibility index (Phi) is 4.32. The van der Waals surface area contributed by atoms with Crippen LogP contribution in [-0.2, 0) is 14.3 Å². The minimum atomic E-state index is -0.966. The Balaban J connectivity index is 2.58. The van der Waals surface area contributed by atoms with E-state index in [0.29, 0.717) is 5.75 Å². The van der Waals surface area contributed by atoms with Crippen molar-refractivity contribution in [3.63, 3.8) is 0 Å². The summed E-state index contributed by atoms with van der Waals surface area (Å²) in [5.41, 5.74) is 5.12. The molecule has 0 aliphatic rings. The SMILES string of the molecule is CC(=O)OCC(Oc1ccccc1)C(N)=O. The first-order valence-electron chi connectivity index (χ1n) is 4.74. The predicted octanol–water partition coefficient (Wildman–Crippen LogP) is 0.482. The summed E-state index contributed by atoms with van der Waals surface area (Å²) in [5.74, 6) is -0.661. The molecule has 5 nitrogen and oxygen atoms in total. The second-order valence-electron chi connectivity index (χ2n) is 3.12. The number of carbonyl (C=O) groups is 2. The molecule has 1 unspecified atom stereocenters. The quantitative estimate of drug-likeness (QED) is 0.736. The smallest absolute Gasteiger partial charge is 0.302 e. The van der Waals surface area contributed by atoms with Crippen LogP contribution in [0.4, 0.5) is 0 Å². The molecule has 16 heavy (non-hydrogen) atoms. The third kappa shape index (κ3) is 4.00. The van der Waals surface area contributed by atoms with E-state index in [4.69, 9.17) is 10.5 Å². The molecule has 86 valence electrons. The van der Waals surface area contributed by atoms with Gasteiger partial charge in [0.05, 0.1) is 0 Å². The van der Waals surface area contributed by atoms with E-state index in [2.05, 4.69) is 4.74 Å². The first-order chi connectivity index (χ1) is 7.59. The number of rotatable bonds is 5. The Bertz CT molecular complexity index is 364. The summed E-state index contributed by atoms with van der Waals surface area (Å²) in [4.78, 5) is 21.6. The van der Waals surface area contributed by atoms with Crippen LogP contribution >= 0.6 is 0 Å². The molecular formula is C11H13NO4. The summed E-state index contributed by atoms with van der Waals surface area (Å²) in [7, 11) is 0. The lowest BCUT2D eigenvalue weighted by molar-refractivity contribution is -0.145. The molecule has 0 bridgehead atoms. The van der Waals surface area contributed by atoms with Crippen molar-refractivity contribution in [2.24, 2.45) is 5.73 Å². The molecule has 5 heteroatoms. The third-order valence-electron chi connectivity index (χ3n) is 1.78. The summed E-state index contributed by atoms with van der Waals surface area (Å²) in [6, 6.07) is 8.71. The number of benzene rings is 1. The monoisotopic (exact) mass is 223 g/mol. The van der Waals surface area contributed by atoms with Crippen LogP contribution < -0.4 is 10.5 Å². The first kappa shape index (κ1) is 12.0. The summed E-state index contributed by atoms with van der Waals surface area (Å²) in [6.07, 6.45) is -0.966. The van der Waals surface area contributed by atoms with Crippen LogP contribution in [0.2, 0.25) is 0 Å². The number of primary amides is 1. The summed E-state index contributed by atoms with van der Waals surface area (Å²) >= 11 is 0. The molecule has 0 aliphatic heterocycles. The van der Waals surface area contributed by atoms with Gasteiger partial charge in [-0.2, -0.15) is 0 Å². The van der Waals surface area contributed by atoms with Crippen LogP contribution in [0.25, 0.3) is 0 Å². The average Bonchev–Trinajstić information content (AvgIpc) is 2.25. The minimum Gasteiger partial charge on any atom is -0.477 e. The van der Waals surface area contributed by atoms with Gasteiger partial charge in [0.1, 0.15) is 12.4 Å². The largest absolute Gasteiger partial charge is 0.477 e. The van der Waals surface area contributed by atoms with E-state index in [-0.39, 0.29) is 6.61 Å². The first-order valence-corrected chi connectivity index (χ1v) is 4.74. The fourth-order valence-electron chi connectivity index (χ4n) is 1.03. The number of esters is 1. The molecule has 1 aromatic carbocycles. The molecule has 0 saturated carbocycles. The van der Waals surface area contributed by atoms with Gasteiger partial charge in [0.15, 0.2) is 0 Å². The lowest BCUT2D eigenvalue weighted by Gasteiger charge is -2.15. The molecular weight excluding hydrogens is 210 g/mol. The highest BCUT2D eigenvalue weighted by molar-refractivity contribution is 5.79. The van der Waals surface area contributed by atoms with E-state index in [0.717, 1.165) is 0 Å². The number of ether oxygens (including phenoxy) is 2. The van der Waals surface area contributed by atoms with Crippen molar-refractivity contribution in [2.45, 2.75) is 13.0 Å². The van der Waals surface area contributed by atoms with Gasteiger partial charge >= 0.3 is 5.97 Å². The lowest BCUT2D eigenvalue weighted by atomic mass is 10.3. The van der Waals surface area contributed by atoms with Gasteiger partial charge in [-0.15, -0.1) is 0 Å². The van der Waals surface area contributed by atoms with Gasteiger partial charge in [0.25, 0.3) is 5.91 Å². The Morgan fingerprint density at radius 3 is 2.44 bits per heavy atom. The topological polar surface area (TPSA) is 78.6 Å². The number of hydrogen-bond donors (Lipinski definition) is 1. The van der Waals surface area contributed by atoms with E-state index < -0.39 is 18.0 Å². The van der Waals surface area contributed by atoms with Gasteiger partial charge in [-0.1, -0.05) is 18.2 Å². The predicted molar refractivity (Wildman–Crippen MR) is 56.7 cm³/mol. The zero-order valence-electron chi connectivity index (χ0n) is 8.88. The summed E-state index contributed by atoms with van der Waals surface area (Å²) in [6.45, 7) is 1.07. The van der Waals surface area contributed by atoms with E-state index in [1.165, 1.54) is 6.92 Å². The Morgan fingerprint density at radius 2 is 1.94 bits per heavy atom. The summed E-state index contributed by atoms with van der Waals surface area (Å²) in [5, 5.41) is 0. The van der Waals surface area contributed by atoms with Crippen LogP contribution in [0.5, 0.6) is 5.75 Å². The standard InChI is InChI=1S/C11H13NO4/c1-8(13)15-7-10(11(12)14)16-9-5-3-2-4-6-9/h2-6,10H,7H2,1H3,(H2,12,14). The number of carbonyl (C=O) groups excluding carboxylic acids is 2. The van der Waals surface area contributed by atoms with Crippen LogP contribution in [0, 0.1) is 0 Å². The van der Waals surface area contributed by atoms with E-state index in [9.17, 15) is 9.59 Å². The molecule has 0 saturated heterocycles. The van der Waals surface area contributed by atoms with Crippen molar-refractivity contribution in [3.8, 4) is 5.75 Å². The van der Waals surface area contributed by atoms with E-state index >= 15 is 0 Å². The van der Waals surface area contributed by atoms with Crippen LogP contribution in [0.1, 0.15) is 6.92 Å². The van der Waals surface area contributed by atoms with Crippen molar-refractivity contribution >= 4 is 11.9 Å². The summed E-state index contributed by atoms with van der Waals surface area (Å²) < 4.78 is 9.95. The fourth-order valence-corrected chi connectivity index (χ4v) is 1.03. The van der Waals surface area contributed by atoms with Crippen molar-refractivity contribution < 1.29 is 19.1 Å². The molecule has 2 N–H and O–H groups in total. The van der Waals surface area contributed by atoms with Crippen molar-refractivity contribution in [3.05, 3.63) is 30.3 Å². The third-order valence-corrected chi connectivity index (χ3v) is 1.78. The van der Waals surface area contributed by atoms with Crippen molar-refractivity contribution in [1.29, 1.82) is 0 Å². The normalized spacial score (nSPS) is 11.6. The second-order valence-corrected chi connectivity index (χ2v) is 3.12. The Morgan fingerprint density at radius 1 is 1.31 bits per heavy atom. The zero-order valence-corrected chi connectivity index (χ0v) is 8.88. The highest BCUT2D eigenvalue weighted by Gasteiger charge is 2.18. The van der Waals surface area contributed by atoms with E-state index in [1.54, 1.807) is 24.3 Å². The number of hydrogen-bond acceptors (Lipinski definition) is 4. The molecule has 0 aromatic heterocycles. The van der Waals surface area contributed by atoms with Gasteiger partial charge in [-0.05, 0) is 12.1 Å². The van der Waals surface area contributed by atoms with Crippen molar-refractivity contribution in [2.75, 3.05) is 6.61 Å². The average molecular weight is 223 g/mol. The molecule has 1 amide bonds. The molecule has 1 atom stereocenters. The Labute approximate surface area is 93.1 Å². The molecule has 0 radical (unpaired) electrons. The van der Waals surface area contributed by atoms with Crippen molar-refractivity contribution in [1.82, 2.24) is 0 Å². The van der Waals surface area contributed by atoms with Gasteiger partial charge in [-0.3, -0.25) is 9.59 Å². The second kappa shape index (κ2) is 5.75. The number of amides is 1. The molecule has 1 rings (SSSR count). The maximum Gasteiger partial charge on any atom is 0.302 e. The van der Waals surface area contributed by atoms with Gasteiger partial charge in [0.2, 0.25) is 6.10 Å². The minimum absolute atomic E-state index is 0.181. The highest BCUT2D eigenvalue weighted by atomic mass is 16.6. The van der Waals surface area contributed by atoms with Gasteiger partial charge in [0, 0.05) is 6.92 Å². The fraction of sp³-hybridized carbons (Fsp3) is 0.273. The number of para-hydroxylation sites is 1. The highest BCUT2D eigenvalue weighted by Crippen LogP contribution is 2.10. The zero-order chi connectivity index (χ0) is 12.0. The maximum atomic E-state index is 11.0. The van der Waals surface area contributed by atoms with Crippen LogP contribution in [-0.4, -0.2) is 24.6 Å². The van der Waals surface area contributed by atoms with Gasteiger partial charge < -0.3 is 15.2 Å². The van der Waals surface area contributed by atoms with Crippen LogP contribution in [0.15, 0.2) is 30.3 Å². The molecule has 0 aliphatic carbocycles.